The minimum atomic E-state index is 0.541. The van der Waals surface area contributed by atoms with Crippen LogP contribution >= 0.6 is 0 Å². The average molecular weight is 250 g/mol. The van der Waals surface area contributed by atoms with Gasteiger partial charge >= 0.3 is 0 Å². The Morgan fingerprint density at radius 3 is 2.50 bits per heavy atom. The van der Waals surface area contributed by atoms with Crippen LogP contribution in [0, 0.1) is 5.41 Å². The second kappa shape index (κ2) is 5.13. The normalized spacial score (nSPS) is 36.2. The van der Waals surface area contributed by atoms with Gasteiger partial charge in [0, 0.05) is 24.7 Å². The zero-order valence-corrected chi connectivity index (χ0v) is 12.3. The van der Waals surface area contributed by atoms with E-state index >= 15 is 0 Å². The molecule has 0 aromatic rings. The number of rotatable bonds is 4. The molecule has 1 heterocycles. The van der Waals surface area contributed by atoms with Crippen LogP contribution in [0.3, 0.4) is 0 Å². The van der Waals surface area contributed by atoms with E-state index in [9.17, 15) is 0 Å². The lowest BCUT2D eigenvalue weighted by atomic mass is 9.72. The second-order valence-electron chi connectivity index (χ2n) is 7.47. The first-order valence-corrected chi connectivity index (χ1v) is 8.16. The predicted molar refractivity (Wildman–Crippen MR) is 76.8 cm³/mol. The van der Waals surface area contributed by atoms with Crippen LogP contribution in [0.15, 0.2) is 0 Å². The van der Waals surface area contributed by atoms with E-state index in [0.717, 1.165) is 18.1 Å². The standard InChI is InChI=1S/C16H30N2/c1-16(2)10-4-3-7-15(16)18(14-8-9-14)12-13-6-5-11-17-13/h13-15,17H,3-12H2,1-2H3. The number of hydrogen-bond acceptors (Lipinski definition) is 2. The second-order valence-corrected chi connectivity index (χ2v) is 7.47. The summed E-state index contributed by atoms with van der Waals surface area (Å²) < 4.78 is 0. The molecule has 1 saturated heterocycles. The maximum absolute atomic E-state index is 3.69. The Balaban J connectivity index is 1.67. The summed E-state index contributed by atoms with van der Waals surface area (Å²) in [4.78, 5) is 2.90. The Bertz CT molecular complexity index is 277. The zero-order chi connectivity index (χ0) is 12.6. The molecule has 18 heavy (non-hydrogen) atoms. The van der Waals surface area contributed by atoms with Gasteiger partial charge in [0.05, 0.1) is 0 Å². The van der Waals surface area contributed by atoms with Gasteiger partial charge in [0.2, 0.25) is 0 Å². The highest BCUT2D eigenvalue weighted by Crippen LogP contribution is 2.43. The first-order valence-electron chi connectivity index (χ1n) is 8.16. The van der Waals surface area contributed by atoms with E-state index in [2.05, 4.69) is 24.1 Å². The third-order valence-electron chi connectivity index (χ3n) is 5.46. The van der Waals surface area contributed by atoms with Gasteiger partial charge in [-0.05, 0) is 50.5 Å². The van der Waals surface area contributed by atoms with Gasteiger partial charge < -0.3 is 5.32 Å². The van der Waals surface area contributed by atoms with Crippen molar-refractivity contribution >= 4 is 0 Å². The van der Waals surface area contributed by atoms with Crippen LogP contribution in [0.25, 0.3) is 0 Å². The molecule has 3 fully saturated rings. The van der Waals surface area contributed by atoms with Gasteiger partial charge in [-0.25, -0.2) is 0 Å². The molecule has 3 rings (SSSR count). The summed E-state index contributed by atoms with van der Waals surface area (Å²) in [5, 5.41) is 3.69. The quantitative estimate of drug-likeness (QED) is 0.824. The van der Waals surface area contributed by atoms with Crippen LogP contribution in [0.4, 0.5) is 0 Å². The minimum absolute atomic E-state index is 0.541. The fourth-order valence-electron chi connectivity index (χ4n) is 4.19. The van der Waals surface area contributed by atoms with Gasteiger partial charge in [-0.1, -0.05) is 26.7 Å². The summed E-state index contributed by atoms with van der Waals surface area (Å²) in [6.45, 7) is 7.58. The lowest BCUT2D eigenvalue weighted by Gasteiger charge is -2.46. The third-order valence-corrected chi connectivity index (χ3v) is 5.46. The number of hydrogen-bond donors (Lipinski definition) is 1. The predicted octanol–water partition coefficient (Wildman–Crippen LogP) is 3.17. The fraction of sp³-hybridized carbons (Fsp3) is 1.00. The van der Waals surface area contributed by atoms with Crippen molar-refractivity contribution in [3.63, 3.8) is 0 Å². The Kier molecular flexibility index (Phi) is 3.68. The van der Waals surface area contributed by atoms with Crippen molar-refractivity contribution in [2.45, 2.75) is 83.3 Å². The molecule has 0 bridgehead atoms. The van der Waals surface area contributed by atoms with Crippen LogP contribution < -0.4 is 5.32 Å². The molecule has 0 aromatic carbocycles. The van der Waals surface area contributed by atoms with Crippen molar-refractivity contribution in [1.82, 2.24) is 10.2 Å². The molecular weight excluding hydrogens is 220 g/mol. The lowest BCUT2D eigenvalue weighted by molar-refractivity contribution is 0.0372. The van der Waals surface area contributed by atoms with Gasteiger partial charge in [-0.3, -0.25) is 4.90 Å². The summed E-state index contributed by atoms with van der Waals surface area (Å²) in [5.74, 6) is 0. The van der Waals surface area contributed by atoms with Crippen LogP contribution in [-0.2, 0) is 0 Å². The Morgan fingerprint density at radius 2 is 1.89 bits per heavy atom. The summed E-state index contributed by atoms with van der Waals surface area (Å²) in [5.41, 5.74) is 0.541. The molecule has 2 atom stereocenters. The molecule has 2 heteroatoms. The highest BCUT2D eigenvalue weighted by Gasteiger charge is 2.42. The number of nitrogens with zero attached hydrogens (tertiary/aromatic N) is 1. The van der Waals surface area contributed by atoms with Crippen molar-refractivity contribution in [3.05, 3.63) is 0 Å². The Labute approximate surface area is 113 Å². The first-order chi connectivity index (χ1) is 8.67. The topological polar surface area (TPSA) is 15.3 Å². The number of nitrogens with one attached hydrogen (secondary N) is 1. The summed E-state index contributed by atoms with van der Waals surface area (Å²) in [6, 6.07) is 2.55. The molecule has 1 N–H and O–H groups in total. The third kappa shape index (κ3) is 2.75. The molecule has 0 radical (unpaired) electrons. The van der Waals surface area contributed by atoms with E-state index in [1.807, 2.05) is 0 Å². The van der Waals surface area contributed by atoms with Crippen molar-refractivity contribution < 1.29 is 0 Å². The summed E-state index contributed by atoms with van der Waals surface area (Å²) in [7, 11) is 0. The van der Waals surface area contributed by atoms with Gasteiger partial charge in [-0.2, -0.15) is 0 Å². The van der Waals surface area contributed by atoms with Crippen molar-refractivity contribution in [2.24, 2.45) is 5.41 Å². The van der Waals surface area contributed by atoms with Crippen LogP contribution in [-0.4, -0.2) is 36.1 Å². The van der Waals surface area contributed by atoms with E-state index in [-0.39, 0.29) is 0 Å². The van der Waals surface area contributed by atoms with Gasteiger partial charge in [-0.15, -0.1) is 0 Å². The monoisotopic (exact) mass is 250 g/mol. The molecule has 0 aromatic heterocycles. The Hall–Kier alpha value is -0.0800. The van der Waals surface area contributed by atoms with Crippen molar-refractivity contribution in [1.29, 1.82) is 0 Å². The molecule has 3 aliphatic rings. The maximum Gasteiger partial charge on any atom is 0.0195 e. The lowest BCUT2D eigenvalue weighted by Crippen LogP contribution is -2.51. The van der Waals surface area contributed by atoms with Gasteiger partial charge in [0.1, 0.15) is 0 Å². The van der Waals surface area contributed by atoms with E-state index in [1.54, 1.807) is 0 Å². The first kappa shape index (κ1) is 12.9. The van der Waals surface area contributed by atoms with Crippen molar-refractivity contribution in [3.8, 4) is 0 Å². The molecule has 2 unspecified atom stereocenters. The molecule has 2 aliphatic carbocycles. The summed E-state index contributed by atoms with van der Waals surface area (Å²) in [6.07, 6.45) is 11.5. The Morgan fingerprint density at radius 1 is 1.06 bits per heavy atom. The zero-order valence-electron chi connectivity index (χ0n) is 12.3. The molecule has 104 valence electrons. The molecule has 0 spiro atoms. The molecular formula is C16H30N2. The van der Waals surface area contributed by atoms with Crippen LogP contribution in [0.5, 0.6) is 0 Å². The molecule has 2 nitrogen and oxygen atoms in total. The van der Waals surface area contributed by atoms with E-state index in [4.69, 9.17) is 0 Å². The average Bonchev–Trinajstić information content (AvgIpc) is 3.04. The molecule has 1 aliphatic heterocycles. The van der Waals surface area contributed by atoms with Gasteiger partial charge in [0.15, 0.2) is 0 Å². The highest BCUT2D eigenvalue weighted by atomic mass is 15.2. The minimum Gasteiger partial charge on any atom is -0.313 e. The fourth-order valence-corrected chi connectivity index (χ4v) is 4.19. The largest absolute Gasteiger partial charge is 0.313 e. The molecule has 2 saturated carbocycles. The smallest absolute Gasteiger partial charge is 0.0195 e. The summed E-state index contributed by atoms with van der Waals surface area (Å²) >= 11 is 0. The highest BCUT2D eigenvalue weighted by molar-refractivity contribution is 4.98. The van der Waals surface area contributed by atoms with Crippen LogP contribution in [0.1, 0.15) is 65.2 Å². The SMILES string of the molecule is CC1(C)CCCCC1N(CC1CCCN1)C1CC1. The van der Waals surface area contributed by atoms with Crippen LogP contribution in [0.2, 0.25) is 0 Å². The molecule has 0 amide bonds. The van der Waals surface area contributed by atoms with E-state index < -0.39 is 0 Å². The van der Waals surface area contributed by atoms with E-state index in [0.29, 0.717) is 5.41 Å². The maximum atomic E-state index is 3.69. The van der Waals surface area contributed by atoms with Gasteiger partial charge in [0.25, 0.3) is 0 Å². The van der Waals surface area contributed by atoms with Crippen molar-refractivity contribution in [2.75, 3.05) is 13.1 Å². The van der Waals surface area contributed by atoms with E-state index in [1.165, 1.54) is 64.5 Å².